The minimum atomic E-state index is -0.106. The van der Waals surface area contributed by atoms with Gasteiger partial charge in [0.05, 0.1) is 25.3 Å². The Morgan fingerprint density at radius 1 is 1.12 bits per heavy atom. The molecule has 174 valence electrons. The van der Waals surface area contributed by atoms with Crippen LogP contribution in [-0.2, 0) is 18.3 Å². The Morgan fingerprint density at radius 3 is 2.61 bits per heavy atom. The third kappa shape index (κ3) is 4.79. The summed E-state index contributed by atoms with van der Waals surface area (Å²) in [5.41, 5.74) is 2.52. The standard InChI is InChI=1S/C25H30N4O4/c1-28-21-7-5-4-6-20(21)27-23(25(28)31)29-14-11-18(12-15-29)24(30)26-13-10-17-8-9-19(32-2)16-22(17)33-3/h4-9,16,18H,10-15H2,1-3H3,(H,26,30). The third-order valence-electron chi connectivity index (χ3n) is 6.32. The molecule has 0 radical (unpaired) electrons. The molecule has 1 aliphatic rings. The van der Waals surface area contributed by atoms with Crippen molar-refractivity contribution in [3.05, 3.63) is 58.4 Å². The first-order valence-electron chi connectivity index (χ1n) is 11.2. The van der Waals surface area contributed by atoms with Crippen LogP contribution in [0.4, 0.5) is 5.82 Å². The van der Waals surface area contributed by atoms with Crippen LogP contribution in [0.5, 0.6) is 11.5 Å². The second kappa shape index (κ2) is 9.94. The topological polar surface area (TPSA) is 85.7 Å². The second-order valence-corrected chi connectivity index (χ2v) is 8.27. The number of carbonyl (C=O) groups is 1. The van der Waals surface area contributed by atoms with E-state index in [1.165, 1.54) is 0 Å². The number of aryl methyl sites for hydroxylation is 1. The highest BCUT2D eigenvalue weighted by atomic mass is 16.5. The molecule has 33 heavy (non-hydrogen) atoms. The fraction of sp³-hybridized carbons (Fsp3) is 0.400. The fourth-order valence-corrected chi connectivity index (χ4v) is 4.35. The fourth-order valence-electron chi connectivity index (χ4n) is 4.35. The highest BCUT2D eigenvalue weighted by Gasteiger charge is 2.27. The van der Waals surface area contributed by atoms with Gasteiger partial charge in [0, 0.05) is 38.7 Å². The van der Waals surface area contributed by atoms with Crippen LogP contribution < -0.4 is 25.2 Å². The minimum absolute atomic E-state index is 0.0569. The van der Waals surface area contributed by atoms with E-state index in [1.807, 2.05) is 47.4 Å². The van der Waals surface area contributed by atoms with E-state index in [0.29, 0.717) is 44.7 Å². The number of fused-ring (bicyclic) bond motifs is 1. The van der Waals surface area contributed by atoms with Crippen LogP contribution in [0.15, 0.2) is 47.3 Å². The maximum atomic E-state index is 12.8. The Morgan fingerprint density at radius 2 is 1.88 bits per heavy atom. The average Bonchev–Trinajstić information content (AvgIpc) is 2.86. The minimum Gasteiger partial charge on any atom is -0.497 e. The zero-order valence-corrected chi connectivity index (χ0v) is 19.3. The molecule has 0 unspecified atom stereocenters. The normalized spacial score (nSPS) is 14.3. The van der Waals surface area contributed by atoms with Crippen molar-refractivity contribution in [1.82, 2.24) is 14.9 Å². The summed E-state index contributed by atoms with van der Waals surface area (Å²) in [5, 5.41) is 3.05. The van der Waals surface area contributed by atoms with Crippen LogP contribution in [0.2, 0.25) is 0 Å². The predicted octanol–water partition coefficient (Wildman–Crippen LogP) is 2.53. The quantitative estimate of drug-likeness (QED) is 0.595. The molecular weight excluding hydrogens is 420 g/mol. The van der Waals surface area contributed by atoms with Crippen molar-refractivity contribution in [3.8, 4) is 11.5 Å². The van der Waals surface area contributed by atoms with E-state index in [0.717, 1.165) is 28.1 Å². The maximum Gasteiger partial charge on any atom is 0.293 e. The molecular formula is C25H30N4O4. The van der Waals surface area contributed by atoms with E-state index in [-0.39, 0.29) is 17.4 Å². The number of nitrogens with one attached hydrogen (secondary N) is 1. The monoisotopic (exact) mass is 450 g/mol. The molecule has 1 aliphatic heterocycles. The molecule has 1 amide bonds. The average molecular weight is 451 g/mol. The molecule has 1 fully saturated rings. The highest BCUT2D eigenvalue weighted by Crippen LogP contribution is 2.25. The summed E-state index contributed by atoms with van der Waals surface area (Å²) in [6.45, 7) is 1.80. The van der Waals surface area contributed by atoms with Gasteiger partial charge in [-0.05, 0) is 43.0 Å². The zero-order chi connectivity index (χ0) is 23.4. The van der Waals surface area contributed by atoms with E-state index >= 15 is 0 Å². The molecule has 4 rings (SSSR count). The molecule has 0 saturated carbocycles. The van der Waals surface area contributed by atoms with E-state index < -0.39 is 0 Å². The van der Waals surface area contributed by atoms with Gasteiger partial charge in [-0.1, -0.05) is 18.2 Å². The van der Waals surface area contributed by atoms with Crippen molar-refractivity contribution < 1.29 is 14.3 Å². The predicted molar refractivity (Wildman–Crippen MR) is 128 cm³/mol. The number of aromatic nitrogens is 2. The van der Waals surface area contributed by atoms with Crippen LogP contribution in [0.25, 0.3) is 11.0 Å². The smallest absolute Gasteiger partial charge is 0.293 e. The first-order valence-corrected chi connectivity index (χ1v) is 11.2. The Labute approximate surface area is 193 Å². The number of amides is 1. The summed E-state index contributed by atoms with van der Waals surface area (Å²) >= 11 is 0. The lowest BCUT2D eigenvalue weighted by molar-refractivity contribution is -0.125. The van der Waals surface area contributed by atoms with Gasteiger partial charge in [-0.15, -0.1) is 0 Å². The number of para-hydroxylation sites is 2. The van der Waals surface area contributed by atoms with Gasteiger partial charge >= 0.3 is 0 Å². The Hall–Kier alpha value is -3.55. The lowest BCUT2D eigenvalue weighted by atomic mass is 9.96. The summed E-state index contributed by atoms with van der Waals surface area (Å²) in [6, 6.07) is 13.3. The number of benzene rings is 2. The Balaban J connectivity index is 1.33. The number of methoxy groups -OCH3 is 2. The van der Waals surface area contributed by atoms with E-state index in [9.17, 15) is 9.59 Å². The number of piperidine rings is 1. The van der Waals surface area contributed by atoms with E-state index in [2.05, 4.69) is 10.3 Å². The first-order chi connectivity index (χ1) is 16.0. The third-order valence-corrected chi connectivity index (χ3v) is 6.32. The number of hydrogen-bond acceptors (Lipinski definition) is 6. The van der Waals surface area contributed by atoms with Crippen LogP contribution in [0, 0.1) is 5.92 Å². The van der Waals surface area contributed by atoms with E-state index in [1.54, 1.807) is 25.8 Å². The van der Waals surface area contributed by atoms with Crippen molar-refractivity contribution >= 4 is 22.8 Å². The Kier molecular flexibility index (Phi) is 6.82. The van der Waals surface area contributed by atoms with Crippen molar-refractivity contribution in [2.45, 2.75) is 19.3 Å². The van der Waals surface area contributed by atoms with Crippen molar-refractivity contribution in [2.75, 3.05) is 38.8 Å². The number of nitrogens with zero attached hydrogens (tertiary/aromatic N) is 3. The lowest BCUT2D eigenvalue weighted by Gasteiger charge is -2.32. The van der Waals surface area contributed by atoms with Crippen molar-refractivity contribution in [2.24, 2.45) is 13.0 Å². The molecule has 2 heterocycles. The molecule has 1 aromatic heterocycles. The van der Waals surface area contributed by atoms with Crippen LogP contribution in [-0.4, -0.2) is 49.3 Å². The van der Waals surface area contributed by atoms with Gasteiger partial charge in [0.2, 0.25) is 5.91 Å². The SMILES string of the molecule is COc1ccc(CCNC(=O)C2CCN(c3nc4ccccc4n(C)c3=O)CC2)c(OC)c1. The molecule has 0 atom stereocenters. The van der Waals surface area contributed by atoms with Gasteiger partial charge < -0.3 is 24.3 Å². The summed E-state index contributed by atoms with van der Waals surface area (Å²) < 4.78 is 12.3. The van der Waals surface area contributed by atoms with Gasteiger partial charge in [0.15, 0.2) is 5.82 Å². The number of anilines is 1. The van der Waals surface area contributed by atoms with Gasteiger partial charge in [0.25, 0.3) is 5.56 Å². The van der Waals surface area contributed by atoms with Gasteiger partial charge in [-0.3, -0.25) is 9.59 Å². The number of ether oxygens (including phenoxy) is 2. The molecule has 2 aromatic carbocycles. The molecule has 3 aromatic rings. The summed E-state index contributed by atoms with van der Waals surface area (Å²) in [4.78, 5) is 32.2. The largest absolute Gasteiger partial charge is 0.497 e. The second-order valence-electron chi connectivity index (χ2n) is 8.27. The highest BCUT2D eigenvalue weighted by molar-refractivity contribution is 5.79. The van der Waals surface area contributed by atoms with E-state index in [4.69, 9.17) is 9.47 Å². The molecule has 8 heteroatoms. The molecule has 1 saturated heterocycles. The molecule has 0 spiro atoms. The number of carbonyl (C=O) groups excluding carboxylic acids is 1. The molecule has 8 nitrogen and oxygen atoms in total. The van der Waals surface area contributed by atoms with Crippen molar-refractivity contribution in [3.63, 3.8) is 0 Å². The lowest BCUT2D eigenvalue weighted by Crippen LogP contribution is -2.43. The van der Waals surface area contributed by atoms with Gasteiger partial charge in [-0.25, -0.2) is 4.98 Å². The summed E-state index contributed by atoms with van der Waals surface area (Å²) in [7, 11) is 5.02. The van der Waals surface area contributed by atoms with Crippen LogP contribution in [0.1, 0.15) is 18.4 Å². The van der Waals surface area contributed by atoms with Gasteiger partial charge in [0.1, 0.15) is 11.5 Å². The van der Waals surface area contributed by atoms with Crippen LogP contribution >= 0.6 is 0 Å². The number of rotatable bonds is 7. The molecule has 0 bridgehead atoms. The summed E-state index contributed by atoms with van der Waals surface area (Å²) in [5.74, 6) is 1.94. The molecule has 0 aliphatic carbocycles. The van der Waals surface area contributed by atoms with Crippen LogP contribution in [0.3, 0.4) is 0 Å². The number of hydrogen-bond donors (Lipinski definition) is 1. The first kappa shape index (κ1) is 22.6. The maximum absolute atomic E-state index is 12.8. The van der Waals surface area contributed by atoms with Crippen molar-refractivity contribution in [1.29, 1.82) is 0 Å². The van der Waals surface area contributed by atoms with Gasteiger partial charge in [-0.2, -0.15) is 0 Å². The Bertz CT molecular complexity index is 1200. The summed E-state index contributed by atoms with van der Waals surface area (Å²) in [6.07, 6.45) is 2.06. The zero-order valence-electron chi connectivity index (χ0n) is 19.3. The molecule has 1 N–H and O–H groups in total.